The van der Waals surface area contributed by atoms with Crippen molar-refractivity contribution in [1.82, 2.24) is 24.9 Å². The van der Waals surface area contributed by atoms with Crippen molar-refractivity contribution in [3.63, 3.8) is 0 Å². The van der Waals surface area contributed by atoms with Gasteiger partial charge in [0.2, 0.25) is 0 Å². The van der Waals surface area contributed by atoms with E-state index in [-0.39, 0.29) is 22.2 Å². The molecule has 1 aliphatic rings. The topological polar surface area (TPSA) is 74.0 Å². The van der Waals surface area contributed by atoms with Crippen LogP contribution >= 0.6 is 11.6 Å². The van der Waals surface area contributed by atoms with Gasteiger partial charge in [-0.05, 0) is 30.5 Å². The molecule has 1 aliphatic carbocycles. The number of nitrogens with one attached hydrogen (secondary N) is 1. The maximum Gasteiger partial charge on any atom is 0.459 e. The second-order valence-electron chi connectivity index (χ2n) is 7.69. The molecule has 0 saturated heterocycles. The van der Waals surface area contributed by atoms with Crippen molar-refractivity contribution in [3.05, 3.63) is 46.9 Å². The van der Waals surface area contributed by atoms with E-state index in [1.54, 1.807) is 0 Å². The summed E-state index contributed by atoms with van der Waals surface area (Å²) in [4.78, 5) is 12.4. The minimum atomic E-state index is -6.12. The second-order valence-corrected chi connectivity index (χ2v) is 8.10. The Balaban J connectivity index is 1.75. The fourth-order valence-electron chi connectivity index (χ4n) is 3.24. The molecule has 188 valence electrons. The summed E-state index contributed by atoms with van der Waals surface area (Å²) >= 11 is 6.11. The number of halogens is 8. The summed E-state index contributed by atoms with van der Waals surface area (Å²) < 4.78 is 97.9. The van der Waals surface area contributed by atoms with Gasteiger partial charge in [-0.2, -0.15) is 40.9 Å². The van der Waals surface area contributed by atoms with E-state index in [2.05, 4.69) is 20.3 Å². The van der Waals surface area contributed by atoms with E-state index >= 15 is 0 Å². The van der Waals surface area contributed by atoms with Gasteiger partial charge in [0.1, 0.15) is 0 Å². The summed E-state index contributed by atoms with van der Waals surface area (Å²) in [6.07, 6.45) is -2.07. The average molecular weight is 526 g/mol. The van der Waals surface area contributed by atoms with Gasteiger partial charge in [0, 0.05) is 24.8 Å². The molecule has 0 unspecified atom stereocenters. The molecule has 35 heavy (non-hydrogen) atoms. The molecule has 1 saturated carbocycles. The first-order valence-corrected chi connectivity index (χ1v) is 10.3. The van der Waals surface area contributed by atoms with Crippen molar-refractivity contribution in [2.45, 2.75) is 37.6 Å². The van der Waals surface area contributed by atoms with Crippen LogP contribution in [0.3, 0.4) is 0 Å². The van der Waals surface area contributed by atoms with Crippen molar-refractivity contribution in [2.75, 3.05) is 0 Å². The van der Waals surface area contributed by atoms with Crippen LogP contribution in [0.2, 0.25) is 5.02 Å². The molecule has 2 aromatic heterocycles. The Morgan fingerprint density at radius 3 is 2.49 bits per heavy atom. The van der Waals surface area contributed by atoms with Crippen molar-refractivity contribution >= 4 is 17.5 Å². The molecule has 3 aromatic rings. The van der Waals surface area contributed by atoms with E-state index in [1.165, 1.54) is 24.4 Å². The maximum absolute atomic E-state index is 14.0. The molecule has 0 bridgehead atoms. The predicted octanol–water partition coefficient (Wildman–Crippen LogP) is 5.07. The van der Waals surface area contributed by atoms with Crippen LogP contribution in [0.5, 0.6) is 5.75 Å². The summed E-state index contributed by atoms with van der Waals surface area (Å²) in [5.41, 5.74) is -1.22. The van der Waals surface area contributed by atoms with Crippen molar-refractivity contribution in [3.8, 4) is 22.7 Å². The van der Waals surface area contributed by atoms with Crippen LogP contribution in [0.15, 0.2) is 30.6 Å². The van der Waals surface area contributed by atoms with Gasteiger partial charge < -0.3 is 10.1 Å². The molecule has 2 heterocycles. The van der Waals surface area contributed by atoms with E-state index in [0.717, 1.165) is 30.8 Å². The average Bonchev–Trinajstić information content (AvgIpc) is 3.32. The third kappa shape index (κ3) is 4.79. The molecular formula is C20H15ClF7N5O2. The largest absolute Gasteiger partial charge is 0.459 e. The Morgan fingerprint density at radius 2 is 1.89 bits per heavy atom. The number of ether oxygens (including phenoxy) is 1. The molecule has 1 N–H and O–H groups in total. The number of amides is 1. The third-order valence-corrected chi connectivity index (χ3v) is 5.42. The van der Waals surface area contributed by atoms with Crippen LogP contribution in [-0.2, 0) is 13.0 Å². The molecule has 0 aliphatic heterocycles. The molecule has 7 nitrogen and oxygen atoms in total. The van der Waals surface area contributed by atoms with E-state index in [0.29, 0.717) is 10.2 Å². The molecule has 1 aromatic carbocycles. The van der Waals surface area contributed by atoms with Crippen LogP contribution in [-0.4, -0.2) is 44.3 Å². The Labute approximate surface area is 197 Å². The van der Waals surface area contributed by atoms with Crippen LogP contribution in [0.1, 0.15) is 28.9 Å². The number of rotatable bonds is 7. The molecule has 0 spiro atoms. The molecule has 1 fully saturated rings. The van der Waals surface area contributed by atoms with E-state index in [1.807, 2.05) is 0 Å². The lowest BCUT2D eigenvalue weighted by Crippen LogP contribution is -2.34. The van der Waals surface area contributed by atoms with Gasteiger partial charge in [-0.25, -0.2) is 9.36 Å². The Morgan fingerprint density at radius 1 is 1.20 bits per heavy atom. The van der Waals surface area contributed by atoms with E-state index in [9.17, 15) is 35.5 Å². The molecule has 1 amide bonds. The molecule has 0 atom stereocenters. The van der Waals surface area contributed by atoms with E-state index in [4.69, 9.17) is 11.6 Å². The number of nitrogens with zero attached hydrogens (tertiary/aromatic N) is 4. The highest BCUT2D eigenvalue weighted by Gasteiger charge is 2.62. The first-order valence-electron chi connectivity index (χ1n) is 9.92. The number of aromatic nitrogens is 4. The number of carbonyl (C=O) groups is 1. The first kappa shape index (κ1) is 24.8. The fraction of sp³-hybridized carbons (Fsp3) is 0.350. The number of alkyl halides is 7. The number of aryl methyl sites for hydroxylation is 1. The van der Waals surface area contributed by atoms with Gasteiger partial charge in [-0.3, -0.25) is 4.79 Å². The summed E-state index contributed by atoms with van der Waals surface area (Å²) in [6, 6.07) is 4.45. The van der Waals surface area contributed by atoms with Crippen LogP contribution in [0.4, 0.5) is 30.7 Å². The van der Waals surface area contributed by atoms with E-state index < -0.39 is 41.9 Å². The lowest BCUT2D eigenvalue weighted by molar-refractivity contribution is -0.291. The Hall–Kier alpha value is -3.29. The number of carbonyl (C=O) groups excluding carboxylic acids is 1. The zero-order valence-corrected chi connectivity index (χ0v) is 18.3. The summed E-state index contributed by atoms with van der Waals surface area (Å²) in [5, 5.41) is 9.92. The van der Waals surface area contributed by atoms with Crippen LogP contribution in [0, 0.1) is 0 Å². The Kier molecular flexibility index (Phi) is 6.19. The summed E-state index contributed by atoms with van der Waals surface area (Å²) in [6.45, 7) is -3.72. The Bertz CT molecular complexity index is 1270. The van der Waals surface area contributed by atoms with Crippen molar-refractivity contribution in [1.29, 1.82) is 0 Å². The van der Waals surface area contributed by atoms with Gasteiger partial charge in [0.05, 0.1) is 16.8 Å². The fourth-order valence-corrected chi connectivity index (χ4v) is 3.45. The first-order chi connectivity index (χ1) is 16.3. The SMILES string of the molecule is Cn1nc(C(F)(F)C(F)(F)F)c(OC(F)F)c1-n1cc(-c2ccc(Cl)c(C(=O)NC3CC3)c2)cn1. The van der Waals surface area contributed by atoms with Crippen LogP contribution in [0.25, 0.3) is 16.9 Å². The number of benzene rings is 1. The lowest BCUT2D eigenvalue weighted by atomic mass is 10.1. The lowest BCUT2D eigenvalue weighted by Gasteiger charge is -2.18. The number of hydrogen-bond acceptors (Lipinski definition) is 4. The zero-order valence-electron chi connectivity index (χ0n) is 17.6. The van der Waals surface area contributed by atoms with Crippen molar-refractivity contribution < 1.29 is 40.3 Å². The highest BCUT2D eigenvalue weighted by molar-refractivity contribution is 6.34. The smallest absolute Gasteiger partial charge is 0.428 e. The third-order valence-electron chi connectivity index (χ3n) is 5.09. The monoisotopic (exact) mass is 525 g/mol. The van der Waals surface area contributed by atoms with Gasteiger partial charge in [-0.1, -0.05) is 17.7 Å². The highest BCUT2D eigenvalue weighted by atomic mass is 35.5. The quantitative estimate of drug-likeness (QED) is 0.437. The molecule has 15 heteroatoms. The summed E-state index contributed by atoms with van der Waals surface area (Å²) in [7, 11) is 0.966. The van der Waals surface area contributed by atoms with Crippen molar-refractivity contribution in [2.24, 2.45) is 7.05 Å². The predicted molar refractivity (Wildman–Crippen MR) is 108 cm³/mol. The van der Waals surface area contributed by atoms with Crippen LogP contribution < -0.4 is 10.1 Å². The molecule has 4 rings (SSSR count). The van der Waals surface area contributed by atoms with Gasteiger partial charge in [0.25, 0.3) is 5.91 Å². The second kappa shape index (κ2) is 8.73. The van der Waals surface area contributed by atoms with Gasteiger partial charge in [0.15, 0.2) is 17.3 Å². The van der Waals surface area contributed by atoms with Gasteiger partial charge >= 0.3 is 18.7 Å². The maximum atomic E-state index is 14.0. The minimum Gasteiger partial charge on any atom is -0.428 e. The normalized spacial score (nSPS) is 14.5. The van der Waals surface area contributed by atoms with Gasteiger partial charge in [-0.15, -0.1) is 0 Å². The molecular weight excluding hydrogens is 511 g/mol. The zero-order chi connectivity index (χ0) is 25.7. The number of hydrogen-bond donors (Lipinski definition) is 1. The highest BCUT2D eigenvalue weighted by Crippen LogP contribution is 2.48. The minimum absolute atomic E-state index is 0.0621. The summed E-state index contributed by atoms with van der Waals surface area (Å²) in [5.74, 6) is -8.18. The standard InChI is InChI=1S/C20H15ClF7N5O2/c1-32-17(14(35-18(22)23)15(31-32)19(24,25)20(26,27)28)33-8-10(7-29-33)9-2-5-13(21)12(6-9)16(34)30-11-3-4-11/h2,5-8,11,18H,3-4H2,1H3,(H,30,34). The molecule has 0 radical (unpaired) electrons.